The van der Waals surface area contributed by atoms with E-state index in [0.717, 1.165) is 26.2 Å². The lowest BCUT2D eigenvalue weighted by Crippen LogP contribution is -2.47. The highest BCUT2D eigenvalue weighted by Gasteiger charge is 2.48. The van der Waals surface area contributed by atoms with Crippen LogP contribution in [0.1, 0.15) is 10.4 Å². The van der Waals surface area contributed by atoms with Gasteiger partial charge in [0.1, 0.15) is 0 Å². The van der Waals surface area contributed by atoms with Crippen molar-refractivity contribution in [2.24, 2.45) is 0 Å². The second-order valence-electron chi connectivity index (χ2n) is 5.00. The number of hydrogen-bond donors (Lipinski definition) is 3. The summed E-state index contributed by atoms with van der Waals surface area (Å²) in [7, 11) is 0. The van der Waals surface area contributed by atoms with Crippen molar-refractivity contribution in [3.05, 3.63) is 65.0 Å². The third-order valence-corrected chi connectivity index (χ3v) is 5.07. The van der Waals surface area contributed by atoms with Crippen LogP contribution in [0.3, 0.4) is 0 Å². The molecular weight excluding hydrogens is 284 g/mol. The lowest BCUT2D eigenvalue weighted by molar-refractivity contribution is -0.142. The molecular formula is C16H12N2O2S. The van der Waals surface area contributed by atoms with Crippen LogP contribution in [0.2, 0.25) is 0 Å². The van der Waals surface area contributed by atoms with Gasteiger partial charge in [0, 0.05) is 15.1 Å². The minimum atomic E-state index is -1.24. The monoisotopic (exact) mass is 296 g/mol. The van der Waals surface area contributed by atoms with Crippen molar-refractivity contribution in [1.29, 1.82) is 0 Å². The third kappa shape index (κ3) is 1.62. The average molecular weight is 296 g/mol. The Morgan fingerprint density at radius 3 is 2.67 bits per heavy atom. The predicted molar refractivity (Wildman–Crippen MR) is 83.4 cm³/mol. The maximum Gasteiger partial charge on any atom is 0.335 e. The van der Waals surface area contributed by atoms with E-state index in [1.54, 1.807) is 0 Å². The molecule has 0 bridgehead atoms. The molecule has 2 aromatic carbocycles. The molecule has 5 heteroatoms. The maximum atomic E-state index is 12.1. The molecule has 2 heterocycles. The highest BCUT2D eigenvalue weighted by molar-refractivity contribution is 7.19. The van der Waals surface area contributed by atoms with Crippen LogP contribution in [0.4, 0.5) is 5.69 Å². The molecule has 0 aliphatic carbocycles. The number of hydrogen-bond acceptors (Lipinski definition) is 4. The number of carboxylic acid groups (broad SMARTS) is 1. The maximum absolute atomic E-state index is 12.1. The highest BCUT2D eigenvalue weighted by atomic mass is 32.1. The van der Waals surface area contributed by atoms with Gasteiger partial charge in [-0.3, -0.25) is 0 Å². The molecule has 3 N–H and O–H groups in total. The van der Waals surface area contributed by atoms with Crippen molar-refractivity contribution in [2.45, 2.75) is 5.54 Å². The number of fused-ring (bicyclic) bond motifs is 2. The topological polar surface area (TPSA) is 61.4 Å². The van der Waals surface area contributed by atoms with Gasteiger partial charge in [-0.1, -0.05) is 36.4 Å². The quantitative estimate of drug-likeness (QED) is 0.680. The highest BCUT2D eigenvalue weighted by Crippen LogP contribution is 2.43. The lowest BCUT2D eigenvalue weighted by Gasteiger charge is -2.23. The summed E-state index contributed by atoms with van der Waals surface area (Å²) in [5.41, 5.74) is 6.27. The summed E-state index contributed by atoms with van der Waals surface area (Å²) in [4.78, 5) is 12.8. The van der Waals surface area contributed by atoms with Gasteiger partial charge in [-0.05, 0) is 23.6 Å². The van der Waals surface area contributed by atoms with Crippen LogP contribution in [0.5, 0.6) is 0 Å². The van der Waals surface area contributed by atoms with Crippen LogP contribution in [-0.4, -0.2) is 11.1 Å². The van der Waals surface area contributed by atoms with Gasteiger partial charge in [-0.15, -0.1) is 11.3 Å². The van der Waals surface area contributed by atoms with E-state index in [0.29, 0.717) is 0 Å². The van der Waals surface area contributed by atoms with Gasteiger partial charge < -0.3 is 10.5 Å². The number of carboxylic acids is 1. The van der Waals surface area contributed by atoms with Crippen LogP contribution in [0.25, 0.3) is 10.1 Å². The Morgan fingerprint density at radius 2 is 1.86 bits per heavy atom. The van der Waals surface area contributed by atoms with E-state index in [9.17, 15) is 9.90 Å². The molecule has 104 valence electrons. The molecule has 4 rings (SSSR count). The Hall–Kier alpha value is -2.37. The van der Waals surface area contributed by atoms with Crippen molar-refractivity contribution in [2.75, 3.05) is 5.43 Å². The minimum absolute atomic E-state index is 0.740. The molecule has 1 unspecified atom stereocenters. The molecule has 21 heavy (non-hydrogen) atoms. The van der Waals surface area contributed by atoms with Gasteiger partial charge in [0.25, 0.3) is 0 Å². The van der Waals surface area contributed by atoms with E-state index in [4.69, 9.17) is 0 Å². The summed E-state index contributed by atoms with van der Waals surface area (Å²) >= 11 is 1.50. The molecule has 1 atom stereocenters. The number of carbonyl (C=O) groups is 1. The number of rotatable bonds is 2. The Balaban J connectivity index is 2.00. The Kier molecular flexibility index (Phi) is 2.54. The molecule has 1 aliphatic rings. The molecule has 1 aliphatic heterocycles. The fourth-order valence-corrected chi connectivity index (χ4v) is 4.00. The molecule has 0 radical (unpaired) electrons. The summed E-state index contributed by atoms with van der Waals surface area (Å²) < 4.78 is 1.08. The SMILES string of the molecule is O=C(O)C1(c2cc3ccccc3s2)NNc2ccccc21. The van der Waals surface area contributed by atoms with Crippen LogP contribution in [0, 0.1) is 0 Å². The molecule has 0 spiro atoms. The smallest absolute Gasteiger partial charge is 0.335 e. The lowest BCUT2D eigenvalue weighted by atomic mass is 9.89. The molecule has 3 aromatic rings. The van der Waals surface area contributed by atoms with E-state index < -0.39 is 11.5 Å². The zero-order valence-corrected chi connectivity index (χ0v) is 11.8. The number of anilines is 1. The van der Waals surface area contributed by atoms with Crippen LogP contribution in [-0.2, 0) is 10.3 Å². The number of hydrazine groups is 1. The first-order valence-electron chi connectivity index (χ1n) is 6.57. The fourth-order valence-electron chi connectivity index (χ4n) is 2.78. The van der Waals surface area contributed by atoms with Crippen molar-refractivity contribution in [1.82, 2.24) is 5.43 Å². The van der Waals surface area contributed by atoms with Gasteiger partial charge in [-0.25, -0.2) is 10.2 Å². The van der Waals surface area contributed by atoms with Gasteiger partial charge in [0.2, 0.25) is 0 Å². The zero-order valence-electron chi connectivity index (χ0n) is 11.0. The number of para-hydroxylation sites is 1. The second kappa shape index (κ2) is 4.31. The molecule has 1 aromatic heterocycles. The molecule has 0 saturated carbocycles. The summed E-state index contributed by atoms with van der Waals surface area (Å²) in [5.74, 6) is -0.911. The summed E-state index contributed by atoms with van der Waals surface area (Å²) in [5, 5.41) is 11.0. The van der Waals surface area contributed by atoms with E-state index in [2.05, 4.69) is 10.9 Å². The normalized spacial score (nSPS) is 20.2. The van der Waals surface area contributed by atoms with Gasteiger partial charge in [-0.2, -0.15) is 0 Å². The second-order valence-corrected chi connectivity index (χ2v) is 6.08. The van der Waals surface area contributed by atoms with Crippen molar-refractivity contribution in [3.63, 3.8) is 0 Å². The predicted octanol–water partition coefficient (Wildman–Crippen LogP) is 3.16. The van der Waals surface area contributed by atoms with Gasteiger partial charge in [0.15, 0.2) is 5.54 Å². The van der Waals surface area contributed by atoms with E-state index in [-0.39, 0.29) is 0 Å². The average Bonchev–Trinajstić information content (AvgIpc) is 3.09. The molecule has 0 fully saturated rings. The summed E-state index contributed by atoms with van der Waals surface area (Å²) in [6.45, 7) is 0. The Bertz CT molecular complexity index is 825. The van der Waals surface area contributed by atoms with Crippen LogP contribution >= 0.6 is 11.3 Å². The standard InChI is InChI=1S/C16H12N2O2S/c19-15(20)16(11-6-2-3-7-12(11)17-18-16)14-9-10-5-1-4-8-13(10)21-14/h1-9,17-18H,(H,19,20). The summed E-state index contributed by atoms with van der Waals surface area (Å²) in [6, 6.07) is 17.3. The number of benzene rings is 2. The first-order valence-corrected chi connectivity index (χ1v) is 7.38. The number of nitrogens with one attached hydrogen (secondary N) is 2. The van der Waals surface area contributed by atoms with Crippen molar-refractivity contribution in [3.8, 4) is 0 Å². The van der Waals surface area contributed by atoms with E-state index >= 15 is 0 Å². The molecule has 4 nitrogen and oxygen atoms in total. The van der Waals surface area contributed by atoms with Crippen LogP contribution in [0.15, 0.2) is 54.6 Å². The Morgan fingerprint density at radius 1 is 1.10 bits per heavy atom. The van der Waals surface area contributed by atoms with Crippen LogP contribution < -0.4 is 10.9 Å². The molecule has 0 saturated heterocycles. The summed E-state index contributed by atoms with van der Waals surface area (Å²) in [6.07, 6.45) is 0. The largest absolute Gasteiger partial charge is 0.479 e. The number of aliphatic carboxylic acids is 1. The van der Waals surface area contributed by atoms with Crippen molar-refractivity contribution >= 4 is 33.1 Å². The fraction of sp³-hybridized carbons (Fsp3) is 0.0625. The first-order chi connectivity index (χ1) is 10.2. The number of thiophene rings is 1. The zero-order chi connectivity index (χ0) is 14.4. The minimum Gasteiger partial charge on any atom is -0.479 e. The van der Waals surface area contributed by atoms with Crippen molar-refractivity contribution < 1.29 is 9.90 Å². The third-order valence-electron chi connectivity index (χ3n) is 3.83. The molecule has 0 amide bonds. The first kappa shape index (κ1) is 12.4. The van der Waals surface area contributed by atoms with Gasteiger partial charge in [0.05, 0.1) is 5.69 Å². The van der Waals surface area contributed by atoms with Gasteiger partial charge >= 0.3 is 5.97 Å². The van der Waals surface area contributed by atoms with E-state index in [1.165, 1.54) is 11.3 Å². The Labute approximate surface area is 125 Å². The van der Waals surface area contributed by atoms with E-state index in [1.807, 2.05) is 54.6 Å².